The largest absolute Gasteiger partial charge is 0.469 e. The number of methoxy groups -OCH3 is 1. The number of ether oxygens (including phenoxy) is 1. The minimum absolute atomic E-state index is 0.000993. The first-order valence-electron chi connectivity index (χ1n) is 9.80. The maximum Gasteiger partial charge on any atom is 0.311 e. The zero-order chi connectivity index (χ0) is 17.2. The maximum absolute atomic E-state index is 12.6. The molecule has 134 valence electrons. The minimum atomic E-state index is -0.317. The van der Waals surface area contributed by atoms with Crippen LogP contribution in [0.1, 0.15) is 65.2 Å². The lowest BCUT2D eigenvalue weighted by atomic mass is 9.41. The van der Waals surface area contributed by atoms with E-state index in [0.717, 1.165) is 19.3 Å². The van der Waals surface area contributed by atoms with Crippen LogP contribution in [0.2, 0.25) is 0 Å². The third-order valence-electron chi connectivity index (χ3n) is 8.63. The molecule has 4 aliphatic rings. The third-order valence-corrected chi connectivity index (χ3v) is 8.63. The molecule has 0 aliphatic heterocycles. The van der Waals surface area contributed by atoms with Crippen LogP contribution >= 0.6 is 0 Å². The molecule has 0 radical (unpaired) electrons. The molecule has 0 aromatic carbocycles. The van der Waals surface area contributed by atoms with Gasteiger partial charge in [-0.15, -0.1) is 0 Å². The van der Waals surface area contributed by atoms with Gasteiger partial charge in [0.05, 0.1) is 19.1 Å². The highest BCUT2D eigenvalue weighted by Gasteiger charge is 2.64. The van der Waals surface area contributed by atoms with E-state index < -0.39 is 0 Å². The fourth-order valence-corrected chi connectivity index (χ4v) is 7.70. The van der Waals surface area contributed by atoms with Crippen LogP contribution in [-0.4, -0.2) is 24.8 Å². The van der Waals surface area contributed by atoms with Crippen LogP contribution in [0, 0.1) is 34.0 Å². The summed E-state index contributed by atoms with van der Waals surface area (Å²) in [6.45, 7) is 4.86. The molecule has 0 heterocycles. The summed E-state index contributed by atoms with van der Waals surface area (Å²) in [6.07, 6.45) is 11.8. The van der Waals surface area contributed by atoms with Crippen molar-refractivity contribution in [2.45, 2.75) is 65.2 Å². The van der Waals surface area contributed by atoms with Gasteiger partial charge in [-0.2, -0.15) is 0 Å². The first kappa shape index (κ1) is 16.6. The second kappa shape index (κ2) is 5.33. The molecular weight excluding hydrogens is 300 g/mol. The Kier molecular flexibility index (Phi) is 3.69. The van der Waals surface area contributed by atoms with E-state index >= 15 is 0 Å². The normalized spacial score (nSPS) is 49.8. The first-order valence-corrected chi connectivity index (χ1v) is 9.80. The lowest BCUT2D eigenvalue weighted by molar-refractivity contribution is -0.180. The summed E-state index contributed by atoms with van der Waals surface area (Å²) in [5, 5.41) is 9.75. The number of hydrogen-bond acceptors (Lipinski definition) is 3. The summed E-state index contributed by atoms with van der Waals surface area (Å²) in [4.78, 5) is 12.6. The van der Waals surface area contributed by atoms with E-state index in [-0.39, 0.29) is 23.4 Å². The Morgan fingerprint density at radius 3 is 2.71 bits per heavy atom. The Morgan fingerprint density at radius 2 is 2.00 bits per heavy atom. The van der Waals surface area contributed by atoms with E-state index in [1.54, 1.807) is 7.11 Å². The fourth-order valence-electron chi connectivity index (χ4n) is 7.70. The molecule has 1 N–H and O–H groups in total. The molecule has 0 amide bonds. The highest BCUT2D eigenvalue weighted by atomic mass is 16.5. The Labute approximate surface area is 145 Å². The average Bonchev–Trinajstić information content (AvgIpc) is 2.84. The van der Waals surface area contributed by atoms with Crippen molar-refractivity contribution in [3.63, 3.8) is 0 Å². The van der Waals surface area contributed by atoms with Crippen LogP contribution in [0.4, 0.5) is 0 Å². The molecule has 4 rings (SSSR count). The minimum Gasteiger partial charge on any atom is -0.469 e. The second-order valence-electron chi connectivity index (χ2n) is 9.50. The number of aliphatic hydroxyl groups is 1. The van der Waals surface area contributed by atoms with Gasteiger partial charge < -0.3 is 9.84 Å². The van der Waals surface area contributed by atoms with Crippen LogP contribution in [0.25, 0.3) is 0 Å². The van der Waals surface area contributed by atoms with E-state index in [1.807, 2.05) is 0 Å². The molecule has 1 spiro atoms. The van der Waals surface area contributed by atoms with E-state index in [4.69, 9.17) is 4.74 Å². The van der Waals surface area contributed by atoms with Gasteiger partial charge in [-0.3, -0.25) is 4.79 Å². The first-order chi connectivity index (χ1) is 11.4. The van der Waals surface area contributed by atoms with Gasteiger partial charge in [-0.25, -0.2) is 0 Å². The van der Waals surface area contributed by atoms with Crippen molar-refractivity contribution < 1.29 is 14.6 Å². The molecule has 6 atom stereocenters. The molecule has 3 saturated carbocycles. The number of rotatable bonds is 2. The molecule has 2 bridgehead atoms. The Hall–Kier alpha value is -0.830. The van der Waals surface area contributed by atoms with Crippen LogP contribution in [0.15, 0.2) is 11.6 Å². The van der Waals surface area contributed by atoms with Crippen molar-refractivity contribution in [1.29, 1.82) is 0 Å². The molecule has 0 aromatic rings. The zero-order valence-electron chi connectivity index (χ0n) is 15.4. The maximum atomic E-state index is 12.6. The predicted molar refractivity (Wildman–Crippen MR) is 93.2 cm³/mol. The third kappa shape index (κ3) is 1.97. The molecule has 0 saturated heterocycles. The monoisotopic (exact) mass is 332 g/mol. The average molecular weight is 332 g/mol. The van der Waals surface area contributed by atoms with E-state index in [2.05, 4.69) is 19.9 Å². The van der Waals surface area contributed by atoms with E-state index in [0.29, 0.717) is 23.2 Å². The number of hydrogen-bond donors (Lipinski definition) is 1. The van der Waals surface area contributed by atoms with Crippen molar-refractivity contribution >= 4 is 5.97 Å². The standard InChI is InChI=1S/C21H32O3/c1-19-8-4-9-20(2,18(23)24-3)16(19)7-10-21-11-14(5-6-17(19)21)15(12-21)13-22/h12,14,16-17,22H,4-11,13H2,1-3H3/t14-,16+,17+,19-,20-,21+/m0/s1. The number of carbonyl (C=O) groups is 1. The second-order valence-corrected chi connectivity index (χ2v) is 9.50. The summed E-state index contributed by atoms with van der Waals surface area (Å²) in [6, 6.07) is 0. The molecule has 0 unspecified atom stereocenters. The predicted octanol–water partition coefficient (Wildman–Crippen LogP) is 4.10. The van der Waals surface area contributed by atoms with Crippen LogP contribution in [0.3, 0.4) is 0 Å². The summed E-state index contributed by atoms with van der Waals surface area (Å²) in [5.41, 5.74) is 1.50. The number of allylic oxidation sites excluding steroid dienone is 1. The smallest absolute Gasteiger partial charge is 0.311 e. The topological polar surface area (TPSA) is 46.5 Å². The molecule has 24 heavy (non-hydrogen) atoms. The van der Waals surface area contributed by atoms with Gasteiger partial charge in [0.15, 0.2) is 0 Å². The zero-order valence-corrected chi connectivity index (χ0v) is 15.4. The number of fused-ring (bicyclic) bond motifs is 3. The van der Waals surface area contributed by atoms with Crippen LogP contribution in [-0.2, 0) is 9.53 Å². The molecular formula is C21H32O3. The summed E-state index contributed by atoms with van der Waals surface area (Å²) < 4.78 is 5.23. The lowest BCUT2D eigenvalue weighted by Gasteiger charge is -2.63. The summed E-state index contributed by atoms with van der Waals surface area (Å²) >= 11 is 0. The summed E-state index contributed by atoms with van der Waals surface area (Å²) in [7, 11) is 1.54. The highest BCUT2D eigenvalue weighted by Crippen LogP contribution is 2.70. The van der Waals surface area contributed by atoms with Crippen LogP contribution < -0.4 is 0 Å². The number of carbonyl (C=O) groups excluding carboxylic acids is 1. The van der Waals surface area contributed by atoms with Gasteiger partial charge in [0.2, 0.25) is 0 Å². The van der Waals surface area contributed by atoms with E-state index in [9.17, 15) is 9.90 Å². The van der Waals surface area contributed by atoms with Crippen molar-refractivity contribution in [1.82, 2.24) is 0 Å². The Bertz CT molecular complexity index is 582. The highest BCUT2D eigenvalue weighted by molar-refractivity contribution is 5.77. The van der Waals surface area contributed by atoms with Gasteiger partial charge >= 0.3 is 5.97 Å². The van der Waals surface area contributed by atoms with Gasteiger partial charge in [0, 0.05) is 0 Å². The molecule has 3 fully saturated rings. The van der Waals surface area contributed by atoms with Gasteiger partial charge in [-0.1, -0.05) is 19.4 Å². The quantitative estimate of drug-likeness (QED) is 0.612. The molecule has 4 aliphatic carbocycles. The molecule has 0 aromatic heterocycles. The van der Waals surface area contributed by atoms with Crippen molar-refractivity contribution in [2.75, 3.05) is 13.7 Å². The number of aliphatic hydroxyl groups excluding tert-OH is 1. The van der Waals surface area contributed by atoms with Gasteiger partial charge in [0.25, 0.3) is 0 Å². The van der Waals surface area contributed by atoms with Crippen molar-refractivity contribution in [3.8, 4) is 0 Å². The van der Waals surface area contributed by atoms with E-state index in [1.165, 1.54) is 37.7 Å². The van der Waals surface area contributed by atoms with Crippen molar-refractivity contribution in [3.05, 3.63) is 11.6 Å². The molecule has 3 heteroatoms. The van der Waals surface area contributed by atoms with Crippen molar-refractivity contribution in [2.24, 2.45) is 34.0 Å². The SMILES string of the molecule is COC(=O)[C@@]1(C)CCC[C@@]2(C)[C@H]1CC[C@@]13C=C(CO)[C@@H](CC[C@@H]12)C3. The van der Waals surface area contributed by atoms with Crippen LogP contribution in [0.5, 0.6) is 0 Å². The summed E-state index contributed by atoms with van der Waals surface area (Å²) in [5.74, 6) is 1.71. The number of esters is 1. The lowest BCUT2D eigenvalue weighted by Crippen LogP contribution is -2.58. The molecule has 3 nitrogen and oxygen atoms in total. The Morgan fingerprint density at radius 1 is 1.21 bits per heavy atom. The Balaban J connectivity index is 1.73. The fraction of sp³-hybridized carbons (Fsp3) is 0.857. The van der Waals surface area contributed by atoms with Gasteiger partial charge in [0.1, 0.15) is 0 Å². The van der Waals surface area contributed by atoms with Gasteiger partial charge in [-0.05, 0) is 86.0 Å².